The molecule has 1 aliphatic carbocycles. The van der Waals surface area contributed by atoms with Gasteiger partial charge in [0.2, 0.25) is 0 Å². The van der Waals surface area contributed by atoms with Gasteiger partial charge in [-0.25, -0.2) is 0 Å². The molecule has 2 aliphatic rings. The van der Waals surface area contributed by atoms with Crippen molar-refractivity contribution in [2.24, 2.45) is 5.41 Å². The lowest BCUT2D eigenvalue weighted by Crippen LogP contribution is -2.34. The molecule has 2 fully saturated rings. The van der Waals surface area contributed by atoms with Crippen molar-refractivity contribution in [2.45, 2.75) is 57.2 Å². The molecular weight excluding hydrogens is 190 g/mol. The number of rotatable bonds is 5. The maximum atomic E-state index is 3.78. The standard InChI is InChI=1S/C12H23NS/c1-3-4-12(5-6-12)9-13-11-7-10(2)14-8-11/h10-11,13H,3-9H2,1-2H3. The molecule has 2 unspecified atom stereocenters. The molecule has 2 atom stereocenters. The molecule has 1 saturated heterocycles. The highest BCUT2D eigenvalue weighted by molar-refractivity contribution is 8.00. The highest BCUT2D eigenvalue weighted by Gasteiger charge is 2.41. The van der Waals surface area contributed by atoms with Crippen molar-refractivity contribution in [3.8, 4) is 0 Å². The molecule has 1 aliphatic heterocycles. The van der Waals surface area contributed by atoms with Crippen LogP contribution in [0.1, 0.15) is 46.0 Å². The van der Waals surface area contributed by atoms with Crippen LogP contribution in [-0.4, -0.2) is 23.6 Å². The molecule has 0 aromatic rings. The zero-order chi connectivity index (χ0) is 10.0. The highest BCUT2D eigenvalue weighted by Crippen LogP contribution is 2.49. The van der Waals surface area contributed by atoms with Gasteiger partial charge in [0, 0.05) is 23.6 Å². The minimum atomic E-state index is 0.727. The molecule has 0 radical (unpaired) electrons. The molecule has 2 heteroatoms. The second-order valence-corrected chi connectivity index (χ2v) is 6.68. The third kappa shape index (κ3) is 2.66. The summed E-state index contributed by atoms with van der Waals surface area (Å²) in [6.45, 7) is 5.96. The predicted octanol–water partition coefficient (Wildman–Crippen LogP) is 3.05. The minimum Gasteiger partial charge on any atom is -0.313 e. The lowest BCUT2D eigenvalue weighted by atomic mass is 10.0. The Kier molecular flexibility index (Phi) is 3.43. The Bertz CT molecular complexity index is 189. The van der Waals surface area contributed by atoms with Gasteiger partial charge in [0.1, 0.15) is 0 Å². The van der Waals surface area contributed by atoms with Crippen molar-refractivity contribution in [3.63, 3.8) is 0 Å². The number of hydrogen-bond acceptors (Lipinski definition) is 2. The fourth-order valence-corrected chi connectivity index (χ4v) is 3.73. The van der Waals surface area contributed by atoms with Gasteiger partial charge in [-0.15, -0.1) is 0 Å². The van der Waals surface area contributed by atoms with E-state index in [1.807, 2.05) is 0 Å². The van der Waals surface area contributed by atoms with E-state index in [0.717, 1.165) is 16.7 Å². The van der Waals surface area contributed by atoms with Crippen LogP contribution in [0, 0.1) is 5.41 Å². The zero-order valence-electron chi connectivity index (χ0n) is 9.51. The predicted molar refractivity (Wildman–Crippen MR) is 64.9 cm³/mol. The average molecular weight is 213 g/mol. The van der Waals surface area contributed by atoms with E-state index in [1.54, 1.807) is 0 Å². The Morgan fingerprint density at radius 2 is 2.21 bits per heavy atom. The van der Waals surface area contributed by atoms with Gasteiger partial charge in [-0.2, -0.15) is 11.8 Å². The van der Waals surface area contributed by atoms with Crippen LogP contribution in [-0.2, 0) is 0 Å². The lowest BCUT2D eigenvalue weighted by Gasteiger charge is -2.18. The van der Waals surface area contributed by atoms with Crippen molar-refractivity contribution in [1.29, 1.82) is 0 Å². The van der Waals surface area contributed by atoms with Crippen LogP contribution in [0.25, 0.3) is 0 Å². The Morgan fingerprint density at radius 1 is 1.43 bits per heavy atom. The molecule has 2 rings (SSSR count). The smallest absolute Gasteiger partial charge is 0.0168 e. The summed E-state index contributed by atoms with van der Waals surface area (Å²) in [7, 11) is 0. The molecule has 0 aromatic carbocycles. The second-order valence-electron chi connectivity index (χ2n) is 5.21. The molecular formula is C12H23NS. The van der Waals surface area contributed by atoms with Crippen LogP contribution >= 0.6 is 11.8 Å². The summed E-state index contributed by atoms with van der Waals surface area (Å²) in [6, 6.07) is 0.810. The normalized spacial score (nSPS) is 34.7. The summed E-state index contributed by atoms with van der Waals surface area (Å²) in [6.07, 6.45) is 7.13. The van der Waals surface area contributed by atoms with Crippen molar-refractivity contribution in [1.82, 2.24) is 5.32 Å². The fraction of sp³-hybridized carbons (Fsp3) is 1.00. The minimum absolute atomic E-state index is 0.727. The van der Waals surface area contributed by atoms with Crippen LogP contribution < -0.4 is 5.32 Å². The van der Waals surface area contributed by atoms with Crippen LogP contribution in [0.2, 0.25) is 0 Å². The molecule has 14 heavy (non-hydrogen) atoms. The quantitative estimate of drug-likeness (QED) is 0.753. The maximum absolute atomic E-state index is 3.78. The number of thioether (sulfide) groups is 1. The van der Waals surface area contributed by atoms with Crippen LogP contribution in [0.4, 0.5) is 0 Å². The largest absolute Gasteiger partial charge is 0.313 e. The molecule has 1 N–H and O–H groups in total. The van der Waals surface area contributed by atoms with Gasteiger partial charge in [-0.1, -0.05) is 20.3 Å². The van der Waals surface area contributed by atoms with Gasteiger partial charge < -0.3 is 5.32 Å². The maximum Gasteiger partial charge on any atom is 0.0168 e. The highest BCUT2D eigenvalue weighted by atomic mass is 32.2. The van der Waals surface area contributed by atoms with Gasteiger partial charge in [-0.05, 0) is 31.1 Å². The first-order valence-electron chi connectivity index (χ1n) is 6.09. The van der Waals surface area contributed by atoms with Crippen molar-refractivity contribution in [3.05, 3.63) is 0 Å². The van der Waals surface area contributed by atoms with Gasteiger partial charge in [-0.3, -0.25) is 0 Å². The lowest BCUT2D eigenvalue weighted by molar-refractivity contribution is 0.392. The summed E-state index contributed by atoms with van der Waals surface area (Å²) in [5.41, 5.74) is 0.727. The SMILES string of the molecule is CCCC1(CNC2CSC(C)C2)CC1. The van der Waals surface area contributed by atoms with Crippen LogP contribution in [0.3, 0.4) is 0 Å². The summed E-state index contributed by atoms with van der Waals surface area (Å²) >= 11 is 2.13. The summed E-state index contributed by atoms with van der Waals surface area (Å²) < 4.78 is 0. The van der Waals surface area contributed by atoms with E-state index in [0.29, 0.717) is 0 Å². The molecule has 0 amide bonds. The van der Waals surface area contributed by atoms with E-state index in [4.69, 9.17) is 0 Å². The van der Waals surface area contributed by atoms with Crippen LogP contribution in [0.15, 0.2) is 0 Å². The van der Waals surface area contributed by atoms with Crippen LogP contribution in [0.5, 0.6) is 0 Å². The number of nitrogens with one attached hydrogen (secondary N) is 1. The van der Waals surface area contributed by atoms with Gasteiger partial charge in [0.15, 0.2) is 0 Å². The molecule has 0 bridgehead atoms. The van der Waals surface area contributed by atoms with Gasteiger partial charge in [0.25, 0.3) is 0 Å². The molecule has 82 valence electrons. The molecule has 1 saturated carbocycles. The van der Waals surface area contributed by atoms with E-state index >= 15 is 0 Å². The monoisotopic (exact) mass is 213 g/mol. The fourth-order valence-electron chi connectivity index (χ4n) is 2.54. The third-order valence-corrected chi connectivity index (χ3v) is 5.06. The Labute approximate surface area is 92.4 Å². The first-order valence-corrected chi connectivity index (χ1v) is 7.14. The van der Waals surface area contributed by atoms with E-state index in [2.05, 4.69) is 30.9 Å². The van der Waals surface area contributed by atoms with E-state index in [-0.39, 0.29) is 0 Å². The third-order valence-electron chi connectivity index (χ3n) is 3.70. The Balaban J connectivity index is 1.67. The first kappa shape index (κ1) is 10.8. The molecule has 0 aromatic heterocycles. The van der Waals surface area contributed by atoms with Crippen molar-refractivity contribution >= 4 is 11.8 Å². The van der Waals surface area contributed by atoms with Gasteiger partial charge >= 0.3 is 0 Å². The average Bonchev–Trinajstić information content (AvgIpc) is 2.80. The van der Waals surface area contributed by atoms with Crippen molar-refractivity contribution < 1.29 is 0 Å². The van der Waals surface area contributed by atoms with E-state index in [9.17, 15) is 0 Å². The van der Waals surface area contributed by atoms with Gasteiger partial charge in [0.05, 0.1) is 0 Å². The summed E-state index contributed by atoms with van der Waals surface area (Å²) in [5.74, 6) is 1.34. The Morgan fingerprint density at radius 3 is 2.71 bits per heavy atom. The first-order chi connectivity index (χ1) is 6.74. The molecule has 1 heterocycles. The molecule has 0 spiro atoms. The zero-order valence-corrected chi connectivity index (χ0v) is 10.3. The molecule has 1 nitrogen and oxygen atoms in total. The second kappa shape index (κ2) is 4.44. The van der Waals surface area contributed by atoms with E-state index < -0.39 is 0 Å². The number of hydrogen-bond donors (Lipinski definition) is 1. The topological polar surface area (TPSA) is 12.0 Å². The Hall–Kier alpha value is 0.310. The van der Waals surface area contributed by atoms with Crippen molar-refractivity contribution in [2.75, 3.05) is 12.3 Å². The summed E-state index contributed by atoms with van der Waals surface area (Å²) in [4.78, 5) is 0. The van der Waals surface area contributed by atoms with E-state index in [1.165, 1.54) is 44.4 Å². The summed E-state index contributed by atoms with van der Waals surface area (Å²) in [5, 5.41) is 4.66.